The van der Waals surface area contributed by atoms with Gasteiger partial charge in [0, 0.05) is 18.7 Å². The smallest absolute Gasteiger partial charge is 0.387 e. The summed E-state index contributed by atoms with van der Waals surface area (Å²) in [5, 5.41) is 0. The molecule has 1 aromatic rings. The molecule has 6 heteroatoms. The summed E-state index contributed by atoms with van der Waals surface area (Å²) >= 11 is 0. The summed E-state index contributed by atoms with van der Waals surface area (Å²) < 4.78 is 34.1. The van der Waals surface area contributed by atoms with Crippen LogP contribution < -0.4 is 9.47 Å². The van der Waals surface area contributed by atoms with Crippen LogP contribution in [0.2, 0.25) is 0 Å². The molecule has 2 rings (SSSR count). The van der Waals surface area contributed by atoms with E-state index in [1.54, 1.807) is 18.2 Å². The van der Waals surface area contributed by atoms with E-state index in [0.717, 1.165) is 12.8 Å². The lowest BCUT2D eigenvalue weighted by atomic mass is 10.1. The number of carbonyl (C=O) groups is 1. The number of halogens is 2. The van der Waals surface area contributed by atoms with Crippen LogP contribution in [0.5, 0.6) is 11.5 Å². The average Bonchev–Trinajstić information content (AvgIpc) is 3.08. The lowest BCUT2D eigenvalue weighted by Crippen LogP contribution is -2.37. The van der Waals surface area contributed by atoms with Gasteiger partial charge in [-0.3, -0.25) is 4.79 Å². The van der Waals surface area contributed by atoms with Crippen molar-refractivity contribution in [2.75, 3.05) is 13.7 Å². The second-order valence-corrected chi connectivity index (χ2v) is 5.68. The number of ether oxygens (including phenoxy) is 2. The van der Waals surface area contributed by atoms with E-state index < -0.39 is 6.61 Å². The van der Waals surface area contributed by atoms with Crippen LogP contribution in [0, 0.1) is 0 Å². The van der Waals surface area contributed by atoms with E-state index in [1.807, 2.05) is 11.8 Å². The van der Waals surface area contributed by atoms with Crippen molar-refractivity contribution >= 4 is 12.0 Å². The van der Waals surface area contributed by atoms with Gasteiger partial charge in [-0.05, 0) is 43.5 Å². The van der Waals surface area contributed by atoms with Gasteiger partial charge in [0.1, 0.15) is 0 Å². The Morgan fingerprint density at radius 3 is 2.62 bits per heavy atom. The molecule has 0 unspecified atom stereocenters. The highest BCUT2D eigenvalue weighted by Gasteiger charge is 2.23. The summed E-state index contributed by atoms with van der Waals surface area (Å²) in [5.41, 5.74) is 0.685. The molecule has 1 amide bonds. The van der Waals surface area contributed by atoms with Gasteiger partial charge < -0.3 is 14.4 Å². The fourth-order valence-electron chi connectivity index (χ4n) is 3.05. The molecule has 1 aliphatic carbocycles. The van der Waals surface area contributed by atoms with Crippen molar-refractivity contribution in [1.29, 1.82) is 0 Å². The molecule has 1 saturated carbocycles. The van der Waals surface area contributed by atoms with E-state index in [0.29, 0.717) is 18.2 Å². The zero-order valence-electron chi connectivity index (χ0n) is 14.0. The summed E-state index contributed by atoms with van der Waals surface area (Å²) in [6.07, 6.45) is 7.63. The third-order valence-electron chi connectivity index (χ3n) is 4.21. The molecular weight excluding hydrogens is 316 g/mol. The highest BCUT2D eigenvalue weighted by Crippen LogP contribution is 2.30. The van der Waals surface area contributed by atoms with Gasteiger partial charge in [0.15, 0.2) is 11.5 Å². The van der Waals surface area contributed by atoms with Gasteiger partial charge in [-0.1, -0.05) is 18.9 Å². The van der Waals surface area contributed by atoms with Crippen LogP contribution in [0.4, 0.5) is 8.78 Å². The number of rotatable bonds is 7. The van der Waals surface area contributed by atoms with Crippen LogP contribution in [0.3, 0.4) is 0 Å². The van der Waals surface area contributed by atoms with E-state index in [4.69, 9.17) is 4.74 Å². The molecule has 0 atom stereocenters. The summed E-state index contributed by atoms with van der Waals surface area (Å²) in [4.78, 5) is 14.3. The highest BCUT2D eigenvalue weighted by molar-refractivity contribution is 5.92. The Bertz CT molecular complexity index is 584. The van der Waals surface area contributed by atoms with E-state index in [1.165, 1.54) is 32.1 Å². The Labute approximate surface area is 141 Å². The predicted molar refractivity (Wildman–Crippen MR) is 88.3 cm³/mol. The molecule has 132 valence electrons. The normalized spacial score (nSPS) is 15.2. The largest absolute Gasteiger partial charge is 0.493 e. The first-order valence-corrected chi connectivity index (χ1v) is 8.16. The van der Waals surface area contributed by atoms with Gasteiger partial charge in [-0.2, -0.15) is 8.78 Å². The third kappa shape index (κ3) is 4.69. The topological polar surface area (TPSA) is 38.8 Å². The standard InChI is InChI=1S/C18H23F2NO3/c1-3-21(14-6-4-5-7-14)17(22)11-9-13-8-10-15(24-18(19)20)16(12-13)23-2/h8-12,14,18H,3-7H2,1-2H3/b11-9+. The van der Waals surface area contributed by atoms with Gasteiger partial charge in [-0.15, -0.1) is 0 Å². The summed E-state index contributed by atoms with van der Waals surface area (Å²) in [6.45, 7) is -0.256. The molecule has 0 bridgehead atoms. The SMILES string of the molecule is CCN(C(=O)/C=C/c1ccc(OC(F)F)c(OC)c1)C1CCCC1. The zero-order valence-corrected chi connectivity index (χ0v) is 14.0. The van der Waals surface area contributed by atoms with Crippen molar-refractivity contribution in [2.45, 2.75) is 45.3 Å². The van der Waals surface area contributed by atoms with E-state index in [-0.39, 0.29) is 17.4 Å². The van der Waals surface area contributed by atoms with Crippen LogP contribution in [0.15, 0.2) is 24.3 Å². The lowest BCUT2D eigenvalue weighted by molar-refractivity contribution is -0.127. The summed E-state index contributed by atoms with van der Waals surface area (Å²) in [7, 11) is 1.38. The minimum absolute atomic E-state index is 0.0304. The Hall–Kier alpha value is -2.11. The quantitative estimate of drug-likeness (QED) is 0.702. The van der Waals surface area contributed by atoms with Gasteiger partial charge in [0.2, 0.25) is 5.91 Å². The minimum atomic E-state index is -2.91. The fraction of sp³-hybridized carbons (Fsp3) is 0.500. The van der Waals surface area contributed by atoms with Crippen LogP contribution >= 0.6 is 0 Å². The van der Waals surface area contributed by atoms with Crippen molar-refractivity contribution in [3.8, 4) is 11.5 Å². The van der Waals surface area contributed by atoms with Crippen LogP contribution in [0.1, 0.15) is 38.2 Å². The number of benzene rings is 1. The first-order valence-electron chi connectivity index (χ1n) is 8.16. The van der Waals surface area contributed by atoms with Crippen molar-refractivity contribution in [1.82, 2.24) is 4.90 Å². The number of carbonyl (C=O) groups excluding carboxylic acids is 1. The van der Waals surface area contributed by atoms with Crippen LogP contribution in [-0.4, -0.2) is 37.1 Å². The minimum Gasteiger partial charge on any atom is -0.493 e. The van der Waals surface area contributed by atoms with E-state index >= 15 is 0 Å². The molecule has 24 heavy (non-hydrogen) atoms. The van der Waals surface area contributed by atoms with Gasteiger partial charge in [0.25, 0.3) is 0 Å². The Kier molecular flexibility index (Phi) is 6.58. The Morgan fingerprint density at radius 1 is 1.33 bits per heavy atom. The maximum Gasteiger partial charge on any atom is 0.387 e. The number of hydrogen-bond acceptors (Lipinski definition) is 3. The Balaban J connectivity index is 2.08. The third-order valence-corrected chi connectivity index (χ3v) is 4.21. The van der Waals surface area contributed by atoms with Gasteiger partial charge in [-0.25, -0.2) is 0 Å². The zero-order chi connectivity index (χ0) is 17.5. The number of amides is 1. The molecule has 0 spiro atoms. The monoisotopic (exact) mass is 339 g/mol. The average molecular weight is 339 g/mol. The molecule has 0 saturated heterocycles. The predicted octanol–water partition coefficient (Wildman–Crippen LogP) is 4.10. The first-order chi connectivity index (χ1) is 11.5. The van der Waals surface area contributed by atoms with Crippen molar-refractivity contribution in [3.05, 3.63) is 29.8 Å². The maximum atomic E-state index is 12.4. The number of likely N-dealkylation sites (N-methyl/N-ethyl adjacent to an activating group) is 1. The second-order valence-electron chi connectivity index (χ2n) is 5.68. The molecule has 0 heterocycles. The molecule has 1 aliphatic rings. The van der Waals surface area contributed by atoms with Crippen LogP contribution in [-0.2, 0) is 4.79 Å². The van der Waals surface area contributed by atoms with Crippen molar-refractivity contribution < 1.29 is 23.0 Å². The molecule has 0 aromatic heterocycles. The maximum absolute atomic E-state index is 12.4. The summed E-state index contributed by atoms with van der Waals surface area (Å²) in [5.74, 6) is 0.140. The molecule has 0 N–H and O–H groups in total. The highest BCUT2D eigenvalue weighted by atomic mass is 19.3. The van der Waals surface area contributed by atoms with Crippen LogP contribution in [0.25, 0.3) is 6.08 Å². The molecule has 0 aliphatic heterocycles. The Morgan fingerprint density at radius 2 is 2.04 bits per heavy atom. The molecule has 1 fully saturated rings. The number of methoxy groups -OCH3 is 1. The van der Waals surface area contributed by atoms with E-state index in [9.17, 15) is 13.6 Å². The van der Waals surface area contributed by atoms with E-state index in [2.05, 4.69) is 4.74 Å². The molecule has 1 aromatic carbocycles. The number of alkyl halides is 2. The molecular formula is C18H23F2NO3. The van der Waals surface area contributed by atoms with Gasteiger partial charge >= 0.3 is 6.61 Å². The lowest BCUT2D eigenvalue weighted by Gasteiger charge is -2.26. The fourth-order valence-corrected chi connectivity index (χ4v) is 3.05. The first kappa shape index (κ1) is 18.2. The van der Waals surface area contributed by atoms with Crippen molar-refractivity contribution in [3.63, 3.8) is 0 Å². The molecule has 4 nitrogen and oxygen atoms in total. The number of hydrogen-bond donors (Lipinski definition) is 0. The second kappa shape index (κ2) is 8.66. The summed E-state index contributed by atoms with van der Waals surface area (Å²) in [6, 6.07) is 4.90. The number of nitrogens with zero attached hydrogens (tertiary/aromatic N) is 1. The van der Waals surface area contributed by atoms with Crippen molar-refractivity contribution in [2.24, 2.45) is 0 Å². The van der Waals surface area contributed by atoms with Gasteiger partial charge in [0.05, 0.1) is 7.11 Å². The molecule has 0 radical (unpaired) electrons.